The van der Waals surface area contributed by atoms with Gasteiger partial charge in [-0.2, -0.15) is 0 Å². The zero-order chi connectivity index (χ0) is 14.5. The second-order valence-electron chi connectivity index (χ2n) is 5.99. The van der Waals surface area contributed by atoms with Crippen molar-refractivity contribution in [1.82, 2.24) is 10.6 Å². The highest BCUT2D eigenvalue weighted by Gasteiger charge is 2.26. The number of rotatable bonds is 5. The molecule has 3 N–H and O–H groups in total. The third-order valence-corrected chi connectivity index (χ3v) is 2.75. The van der Waals surface area contributed by atoms with Gasteiger partial charge in [0, 0.05) is 5.41 Å². The van der Waals surface area contributed by atoms with Gasteiger partial charge in [-0.05, 0) is 12.8 Å². The minimum atomic E-state index is -0.607. The Bertz CT molecular complexity index is 295. The molecule has 18 heavy (non-hydrogen) atoms. The van der Waals surface area contributed by atoms with Gasteiger partial charge in [-0.15, -0.1) is 0 Å². The van der Waals surface area contributed by atoms with Crippen molar-refractivity contribution in [2.75, 3.05) is 6.61 Å². The van der Waals surface area contributed by atoms with Crippen LogP contribution >= 0.6 is 0 Å². The van der Waals surface area contributed by atoms with Gasteiger partial charge in [0.05, 0.1) is 12.6 Å². The minimum Gasteiger partial charge on any atom is -0.394 e. The molecule has 0 aromatic heterocycles. The van der Waals surface area contributed by atoms with E-state index in [0.717, 1.165) is 0 Å². The van der Waals surface area contributed by atoms with Crippen LogP contribution in [0.4, 0.5) is 0 Å². The number of hydrogen-bond acceptors (Lipinski definition) is 3. The fourth-order valence-electron chi connectivity index (χ4n) is 1.21. The maximum Gasteiger partial charge on any atom is 0.242 e. The van der Waals surface area contributed by atoms with Crippen LogP contribution in [0.2, 0.25) is 0 Å². The predicted molar refractivity (Wildman–Crippen MR) is 70.9 cm³/mol. The number of aliphatic hydroxyl groups is 1. The lowest BCUT2D eigenvalue weighted by Crippen LogP contribution is -2.52. The van der Waals surface area contributed by atoms with Gasteiger partial charge in [0.1, 0.15) is 6.04 Å². The number of carbonyl (C=O) groups excluding carboxylic acids is 2. The van der Waals surface area contributed by atoms with Crippen molar-refractivity contribution in [3.8, 4) is 0 Å². The van der Waals surface area contributed by atoms with E-state index < -0.39 is 11.5 Å². The van der Waals surface area contributed by atoms with Gasteiger partial charge in [0.15, 0.2) is 0 Å². The van der Waals surface area contributed by atoms with E-state index in [1.165, 1.54) is 0 Å². The summed E-state index contributed by atoms with van der Waals surface area (Å²) >= 11 is 0. The third kappa shape index (κ3) is 5.49. The first-order chi connectivity index (χ1) is 8.09. The molecule has 0 aliphatic carbocycles. The van der Waals surface area contributed by atoms with Crippen molar-refractivity contribution in [3.63, 3.8) is 0 Å². The average molecular weight is 258 g/mol. The summed E-state index contributed by atoms with van der Waals surface area (Å²) in [5.41, 5.74) is -0.525. The van der Waals surface area contributed by atoms with Crippen molar-refractivity contribution >= 4 is 11.8 Å². The second kappa shape index (κ2) is 6.73. The van der Waals surface area contributed by atoms with Crippen LogP contribution < -0.4 is 10.6 Å². The Balaban J connectivity index is 4.40. The predicted octanol–water partition coefficient (Wildman–Crippen LogP) is 0.670. The largest absolute Gasteiger partial charge is 0.394 e. The summed E-state index contributed by atoms with van der Waals surface area (Å²) in [6.45, 7) is 10.7. The van der Waals surface area contributed by atoms with E-state index in [-0.39, 0.29) is 30.4 Å². The van der Waals surface area contributed by atoms with Gasteiger partial charge in [-0.3, -0.25) is 9.59 Å². The Morgan fingerprint density at radius 2 is 1.61 bits per heavy atom. The molecule has 0 aliphatic heterocycles. The number of hydrogen-bond donors (Lipinski definition) is 3. The van der Waals surface area contributed by atoms with Gasteiger partial charge in [-0.25, -0.2) is 0 Å². The number of aliphatic hydroxyl groups excluding tert-OH is 1. The molecule has 2 unspecified atom stereocenters. The molecule has 0 aromatic carbocycles. The van der Waals surface area contributed by atoms with Crippen LogP contribution in [0.1, 0.15) is 41.5 Å². The van der Waals surface area contributed by atoms with Crippen molar-refractivity contribution in [3.05, 3.63) is 0 Å². The quantitative estimate of drug-likeness (QED) is 0.678. The highest BCUT2D eigenvalue weighted by Crippen LogP contribution is 2.12. The zero-order valence-corrected chi connectivity index (χ0v) is 12.2. The molecule has 0 saturated heterocycles. The lowest BCUT2D eigenvalue weighted by molar-refractivity contribution is -0.133. The molecule has 0 rings (SSSR count). The fraction of sp³-hybridized carbons (Fsp3) is 0.846. The third-order valence-electron chi connectivity index (χ3n) is 2.75. The summed E-state index contributed by atoms with van der Waals surface area (Å²) in [6, 6.07) is -0.893. The molecule has 2 amide bonds. The molecular weight excluding hydrogens is 232 g/mol. The molecule has 0 fully saturated rings. The molecule has 2 atom stereocenters. The van der Waals surface area contributed by atoms with Crippen LogP contribution in [0.5, 0.6) is 0 Å². The normalized spacial score (nSPS) is 15.1. The maximum absolute atomic E-state index is 11.8. The molecule has 0 aliphatic rings. The van der Waals surface area contributed by atoms with Gasteiger partial charge < -0.3 is 15.7 Å². The van der Waals surface area contributed by atoms with E-state index >= 15 is 0 Å². The van der Waals surface area contributed by atoms with Crippen LogP contribution in [0, 0.1) is 11.3 Å². The Hall–Kier alpha value is -1.10. The summed E-state index contributed by atoms with van der Waals surface area (Å²) in [5.74, 6) is -0.305. The van der Waals surface area contributed by atoms with Crippen molar-refractivity contribution in [2.24, 2.45) is 11.3 Å². The maximum atomic E-state index is 11.8. The lowest BCUT2D eigenvalue weighted by Gasteiger charge is -2.25. The number of amides is 2. The highest BCUT2D eigenvalue weighted by molar-refractivity contribution is 5.89. The van der Waals surface area contributed by atoms with Crippen molar-refractivity contribution < 1.29 is 14.7 Å². The van der Waals surface area contributed by atoms with E-state index in [2.05, 4.69) is 10.6 Å². The van der Waals surface area contributed by atoms with Gasteiger partial charge >= 0.3 is 0 Å². The van der Waals surface area contributed by atoms with Crippen LogP contribution in [0.15, 0.2) is 0 Å². The molecular formula is C13H26N2O3. The summed E-state index contributed by atoms with van der Waals surface area (Å²) in [5, 5.41) is 14.5. The number of carbonyl (C=O) groups is 2. The summed E-state index contributed by atoms with van der Waals surface area (Å²) in [6.07, 6.45) is 0. The highest BCUT2D eigenvalue weighted by atomic mass is 16.3. The topological polar surface area (TPSA) is 78.4 Å². The Kier molecular flexibility index (Phi) is 6.32. The summed E-state index contributed by atoms with van der Waals surface area (Å²) in [4.78, 5) is 23.6. The molecule has 0 spiro atoms. The zero-order valence-electron chi connectivity index (χ0n) is 12.2. The standard InChI is InChI=1S/C13H26N2O3/c1-8(2)10(7-16)15-11(17)9(3)14-12(18)13(4,5)6/h8-10,16H,7H2,1-6H3,(H,14,18)(H,15,17). The molecule has 0 saturated carbocycles. The first kappa shape index (κ1) is 16.9. The minimum absolute atomic E-state index is 0.108. The Morgan fingerprint density at radius 1 is 1.11 bits per heavy atom. The Morgan fingerprint density at radius 3 is 1.94 bits per heavy atom. The SMILES string of the molecule is CC(NC(=O)C(C)(C)C)C(=O)NC(CO)C(C)C. The molecule has 5 nitrogen and oxygen atoms in total. The first-order valence-corrected chi connectivity index (χ1v) is 6.31. The number of nitrogens with one attached hydrogen (secondary N) is 2. The average Bonchev–Trinajstić information content (AvgIpc) is 2.23. The van der Waals surface area contributed by atoms with E-state index in [9.17, 15) is 9.59 Å². The first-order valence-electron chi connectivity index (χ1n) is 6.31. The van der Waals surface area contributed by atoms with E-state index in [4.69, 9.17) is 5.11 Å². The lowest BCUT2D eigenvalue weighted by atomic mass is 9.95. The van der Waals surface area contributed by atoms with Crippen LogP contribution in [0.3, 0.4) is 0 Å². The molecule has 0 heterocycles. The van der Waals surface area contributed by atoms with Gasteiger partial charge in [0.25, 0.3) is 0 Å². The fourth-order valence-corrected chi connectivity index (χ4v) is 1.21. The summed E-state index contributed by atoms with van der Waals surface area (Å²) in [7, 11) is 0. The van der Waals surface area contributed by atoms with Crippen LogP contribution in [-0.4, -0.2) is 35.6 Å². The molecule has 0 radical (unpaired) electrons. The van der Waals surface area contributed by atoms with Gasteiger partial charge in [0.2, 0.25) is 11.8 Å². The van der Waals surface area contributed by atoms with E-state index in [1.807, 2.05) is 13.8 Å². The monoisotopic (exact) mass is 258 g/mol. The van der Waals surface area contributed by atoms with Crippen molar-refractivity contribution in [1.29, 1.82) is 0 Å². The molecule has 106 valence electrons. The van der Waals surface area contributed by atoms with Crippen LogP contribution in [-0.2, 0) is 9.59 Å². The van der Waals surface area contributed by atoms with Crippen molar-refractivity contribution in [2.45, 2.75) is 53.6 Å². The molecule has 0 aromatic rings. The van der Waals surface area contributed by atoms with Crippen LogP contribution in [0.25, 0.3) is 0 Å². The summed E-state index contributed by atoms with van der Waals surface area (Å²) < 4.78 is 0. The second-order valence-corrected chi connectivity index (χ2v) is 5.99. The smallest absolute Gasteiger partial charge is 0.242 e. The Labute approximate surface area is 109 Å². The van der Waals surface area contributed by atoms with E-state index in [0.29, 0.717) is 0 Å². The molecule has 0 bridgehead atoms. The van der Waals surface area contributed by atoms with Gasteiger partial charge in [-0.1, -0.05) is 34.6 Å². The van der Waals surface area contributed by atoms with E-state index in [1.54, 1.807) is 27.7 Å². The molecule has 5 heteroatoms.